The minimum atomic E-state index is -1.52. The topological polar surface area (TPSA) is 26.3 Å². The second kappa shape index (κ2) is 7.17. The number of hydrogen-bond acceptors (Lipinski definition) is 2. The molecule has 128 valence electrons. The number of hydrogen-bond donors (Lipinski definition) is 0. The molecular formula is C19H36O2Si. The summed E-state index contributed by atoms with van der Waals surface area (Å²) in [5.74, 6) is 1.46. The molecule has 0 aromatic heterocycles. The number of rotatable bonds is 7. The average molecular weight is 325 g/mol. The summed E-state index contributed by atoms with van der Waals surface area (Å²) in [7, 11) is -1.52. The van der Waals surface area contributed by atoms with Crippen LogP contribution in [0.15, 0.2) is 0 Å². The molecule has 0 saturated heterocycles. The Kier molecular flexibility index (Phi) is 5.93. The van der Waals surface area contributed by atoms with Gasteiger partial charge < -0.3 is 9.22 Å². The Hall–Kier alpha value is -0.153. The van der Waals surface area contributed by atoms with Gasteiger partial charge in [-0.2, -0.15) is 0 Å². The van der Waals surface area contributed by atoms with Gasteiger partial charge in [0.15, 0.2) is 8.32 Å². The van der Waals surface area contributed by atoms with Crippen molar-refractivity contribution in [3.05, 3.63) is 0 Å². The van der Waals surface area contributed by atoms with Gasteiger partial charge in [0.2, 0.25) is 0 Å². The van der Waals surface area contributed by atoms with Crippen LogP contribution in [0, 0.1) is 23.2 Å². The predicted octanol–water partition coefficient (Wildman–Crippen LogP) is 5.43. The lowest BCUT2D eigenvalue weighted by atomic mass is 9.62. The van der Waals surface area contributed by atoms with E-state index in [1.807, 2.05) is 0 Å². The maximum absolute atomic E-state index is 11.3. The van der Waals surface area contributed by atoms with Crippen molar-refractivity contribution in [2.24, 2.45) is 23.2 Å². The highest BCUT2D eigenvalue weighted by Gasteiger charge is 2.53. The minimum Gasteiger partial charge on any atom is -0.414 e. The SMILES string of the molecule is CC[Si](CC)(CC)OC1CCC[C@@]2(C)C1CC[C@@H]2[C@@H](C)C=O. The summed E-state index contributed by atoms with van der Waals surface area (Å²) >= 11 is 0. The first-order valence-corrected chi connectivity index (χ1v) is 12.1. The molecule has 3 heteroatoms. The van der Waals surface area contributed by atoms with Gasteiger partial charge in [-0.15, -0.1) is 0 Å². The van der Waals surface area contributed by atoms with E-state index >= 15 is 0 Å². The van der Waals surface area contributed by atoms with E-state index in [2.05, 4.69) is 34.6 Å². The molecule has 0 bridgehead atoms. The molecule has 2 nitrogen and oxygen atoms in total. The normalized spacial score (nSPS) is 36.9. The maximum Gasteiger partial charge on any atom is 0.192 e. The lowest BCUT2D eigenvalue weighted by molar-refractivity contribution is -0.114. The number of fused-ring (bicyclic) bond motifs is 1. The average Bonchev–Trinajstić information content (AvgIpc) is 2.90. The molecule has 0 amide bonds. The summed E-state index contributed by atoms with van der Waals surface area (Å²) in [5, 5.41) is 0. The van der Waals surface area contributed by atoms with Crippen LogP contribution in [0.2, 0.25) is 18.1 Å². The van der Waals surface area contributed by atoms with E-state index < -0.39 is 8.32 Å². The van der Waals surface area contributed by atoms with Crippen LogP contribution in [-0.2, 0) is 9.22 Å². The van der Waals surface area contributed by atoms with E-state index in [0.717, 1.165) is 0 Å². The fourth-order valence-electron chi connectivity index (χ4n) is 5.58. The van der Waals surface area contributed by atoms with E-state index in [0.29, 0.717) is 23.4 Å². The Bertz CT molecular complexity index is 371. The number of carbonyl (C=O) groups is 1. The zero-order valence-electron chi connectivity index (χ0n) is 15.4. The van der Waals surface area contributed by atoms with Crippen molar-refractivity contribution in [2.75, 3.05) is 0 Å². The summed E-state index contributed by atoms with van der Waals surface area (Å²) in [6.07, 6.45) is 7.96. The van der Waals surface area contributed by atoms with Crippen molar-refractivity contribution >= 4 is 14.6 Å². The standard InChI is InChI=1S/C19H36O2Si/c1-6-22(7-2,8-3)21-18-10-9-13-19(5)16(15(4)14-20)11-12-17(18)19/h14-18H,6-13H2,1-5H3/t15-,16+,17?,18?,19+/m0/s1. The van der Waals surface area contributed by atoms with Gasteiger partial charge in [-0.1, -0.05) is 41.0 Å². The molecule has 0 radical (unpaired) electrons. The molecule has 0 aliphatic heterocycles. The van der Waals surface area contributed by atoms with Crippen LogP contribution >= 0.6 is 0 Å². The zero-order valence-corrected chi connectivity index (χ0v) is 16.4. The van der Waals surface area contributed by atoms with Crippen LogP contribution in [0.25, 0.3) is 0 Å². The first kappa shape index (κ1) is 18.2. The van der Waals surface area contributed by atoms with Crippen molar-refractivity contribution in [3.63, 3.8) is 0 Å². The Labute approximate surface area is 138 Å². The van der Waals surface area contributed by atoms with Crippen LogP contribution in [0.3, 0.4) is 0 Å². The Morgan fingerprint density at radius 1 is 1.18 bits per heavy atom. The van der Waals surface area contributed by atoms with E-state index in [1.165, 1.54) is 56.5 Å². The van der Waals surface area contributed by atoms with Gasteiger partial charge >= 0.3 is 0 Å². The highest BCUT2D eigenvalue weighted by atomic mass is 28.4. The molecule has 0 spiro atoms. The van der Waals surface area contributed by atoms with Crippen LogP contribution in [0.4, 0.5) is 0 Å². The molecule has 5 atom stereocenters. The third-order valence-corrected chi connectivity index (χ3v) is 12.0. The second-order valence-electron chi connectivity index (χ2n) is 8.08. The fourth-order valence-corrected chi connectivity index (χ4v) is 8.51. The first-order chi connectivity index (χ1) is 10.5. The smallest absolute Gasteiger partial charge is 0.192 e. The Morgan fingerprint density at radius 3 is 2.36 bits per heavy atom. The van der Waals surface area contributed by atoms with E-state index in [1.54, 1.807) is 0 Å². The Morgan fingerprint density at radius 2 is 1.82 bits per heavy atom. The van der Waals surface area contributed by atoms with Crippen molar-refractivity contribution in [2.45, 2.75) is 91.0 Å². The van der Waals surface area contributed by atoms with E-state index in [9.17, 15) is 4.79 Å². The Balaban J connectivity index is 2.17. The number of carbonyl (C=O) groups excluding carboxylic acids is 1. The summed E-state index contributed by atoms with van der Waals surface area (Å²) in [4.78, 5) is 11.3. The monoisotopic (exact) mass is 324 g/mol. The molecule has 0 aromatic rings. The van der Waals surface area contributed by atoms with Crippen molar-refractivity contribution in [3.8, 4) is 0 Å². The molecule has 22 heavy (non-hydrogen) atoms. The molecular weight excluding hydrogens is 288 g/mol. The first-order valence-electron chi connectivity index (χ1n) is 9.59. The van der Waals surface area contributed by atoms with E-state index in [4.69, 9.17) is 4.43 Å². The van der Waals surface area contributed by atoms with Crippen LogP contribution < -0.4 is 0 Å². The van der Waals surface area contributed by atoms with E-state index in [-0.39, 0.29) is 5.92 Å². The maximum atomic E-state index is 11.3. The third-order valence-electron chi connectivity index (χ3n) is 7.32. The largest absolute Gasteiger partial charge is 0.414 e. The molecule has 0 N–H and O–H groups in total. The van der Waals surface area contributed by atoms with Crippen LogP contribution in [0.1, 0.15) is 66.7 Å². The van der Waals surface area contributed by atoms with Crippen LogP contribution in [-0.4, -0.2) is 20.7 Å². The summed E-state index contributed by atoms with van der Waals surface area (Å²) in [5.41, 5.74) is 0.332. The van der Waals surface area contributed by atoms with Gasteiger partial charge in [0.25, 0.3) is 0 Å². The molecule has 2 fully saturated rings. The van der Waals surface area contributed by atoms with Gasteiger partial charge in [0.05, 0.1) is 0 Å². The van der Waals surface area contributed by atoms with Gasteiger partial charge in [0.1, 0.15) is 6.29 Å². The predicted molar refractivity (Wildman–Crippen MR) is 95.5 cm³/mol. The quantitative estimate of drug-likeness (QED) is 0.461. The summed E-state index contributed by atoms with van der Waals surface area (Å²) < 4.78 is 6.92. The molecule has 2 rings (SSSR count). The molecule has 2 saturated carbocycles. The molecule has 2 unspecified atom stereocenters. The minimum absolute atomic E-state index is 0.208. The summed E-state index contributed by atoms with van der Waals surface area (Å²) in [6, 6.07) is 3.73. The fraction of sp³-hybridized carbons (Fsp3) is 0.947. The lowest BCUT2D eigenvalue weighted by Gasteiger charge is -2.48. The van der Waals surface area contributed by atoms with Gasteiger partial charge in [-0.25, -0.2) is 0 Å². The third kappa shape index (κ3) is 3.08. The molecule has 2 aliphatic carbocycles. The highest BCUT2D eigenvalue weighted by molar-refractivity contribution is 6.73. The van der Waals surface area contributed by atoms with Crippen molar-refractivity contribution in [1.82, 2.24) is 0 Å². The van der Waals surface area contributed by atoms with Gasteiger partial charge in [-0.05, 0) is 61.1 Å². The molecule has 2 aliphatic rings. The highest BCUT2D eigenvalue weighted by Crippen LogP contribution is 2.58. The second-order valence-corrected chi connectivity index (χ2v) is 12.8. The van der Waals surface area contributed by atoms with Gasteiger partial charge in [-0.3, -0.25) is 0 Å². The lowest BCUT2D eigenvalue weighted by Crippen LogP contribution is -2.48. The van der Waals surface area contributed by atoms with Gasteiger partial charge in [0, 0.05) is 12.0 Å². The molecule has 0 heterocycles. The van der Waals surface area contributed by atoms with Crippen molar-refractivity contribution in [1.29, 1.82) is 0 Å². The summed E-state index contributed by atoms with van der Waals surface area (Å²) in [6.45, 7) is 11.6. The van der Waals surface area contributed by atoms with Crippen molar-refractivity contribution < 1.29 is 9.22 Å². The molecule has 0 aromatic carbocycles. The van der Waals surface area contributed by atoms with Crippen LogP contribution in [0.5, 0.6) is 0 Å². The number of aldehydes is 1. The zero-order chi connectivity index (χ0) is 16.4.